The number of aromatic nitrogens is 3. The second-order valence-corrected chi connectivity index (χ2v) is 6.74. The van der Waals surface area contributed by atoms with E-state index in [1.165, 1.54) is 26.6 Å². The zero-order valence-electron chi connectivity index (χ0n) is 12.6. The fourth-order valence-corrected chi connectivity index (χ4v) is 3.50. The Morgan fingerprint density at radius 1 is 1.19 bits per heavy atom. The lowest BCUT2D eigenvalue weighted by Gasteiger charge is -2.18. The van der Waals surface area contributed by atoms with Gasteiger partial charge in [-0.15, -0.1) is 11.3 Å². The van der Waals surface area contributed by atoms with Crippen LogP contribution in [0.15, 0.2) is 36.9 Å². The van der Waals surface area contributed by atoms with Crippen LogP contribution >= 0.6 is 11.3 Å². The average Bonchev–Trinajstić information content (AvgIpc) is 3.11. The summed E-state index contributed by atoms with van der Waals surface area (Å²) in [5, 5.41) is 1.17. The molecule has 0 radical (unpaired) electrons. The third-order valence-electron chi connectivity index (χ3n) is 3.96. The Kier molecular flexibility index (Phi) is 3.88. The predicted molar refractivity (Wildman–Crippen MR) is 86.9 cm³/mol. The van der Waals surface area contributed by atoms with Crippen molar-refractivity contribution >= 4 is 11.3 Å². The lowest BCUT2D eigenvalue weighted by molar-refractivity contribution is 0.768. The van der Waals surface area contributed by atoms with Gasteiger partial charge < -0.3 is 4.98 Å². The highest BCUT2D eigenvalue weighted by Crippen LogP contribution is 2.31. The minimum atomic E-state index is 0.276. The van der Waals surface area contributed by atoms with E-state index < -0.39 is 0 Å². The molecule has 0 aliphatic heterocycles. The van der Waals surface area contributed by atoms with Crippen LogP contribution in [0.1, 0.15) is 38.2 Å². The van der Waals surface area contributed by atoms with Gasteiger partial charge in [0.25, 0.3) is 0 Å². The summed E-state index contributed by atoms with van der Waals surface area (Å²) in [6.07, 6.45) is 6.53. The van der Waals surface area contributed by atoms with E-state index in [4.69, 9.17) is 0 Å². The Morgan fingerprint density at radius 3 is 2.71 bits per heavy atom. The number of nitrogens with zero attached hydrogens (tertiary/aromatic N) is 2. The summed E-state index contributed by atoms with van der Waals surface area (Å²) >= 11 is 1.77. The van der Waals surface area contributed by atoms with E-state index >= 15 is 0 Å². The van der Waals surface area contributed by atoms with E-state index in [2.05, 4.69) is 53.9 Å². The molecule has 3 aromatic rings. The van der Waals surface area contributed by atoms with Crippen molar-refractivity contribution < 1.29 is 0 Å². The lowest BCUT2D eigenvalue weighted by atomic mass is 9.88. The topological polar surface area (TPSA) is 41.6 Å². The van der Waals surface area contributed by atoms with Crippen LogP contribution in [0, 0.1) is 20.8 Å². The molecule has 2 aromatic heterocycles. The maximum Gasteiger partial charge on any atom is 0.0937 e. The van der Waals surface area contributed by atoms with Crippen molar-refractivity contribution in [1.29, 1.82) is 0 Å². The van der Waals surface area contributed by atoms with Gasteiger partial charge in [0.15, 0.2) is 0 Å². The number of aryl methyl sites for hydroxylation is 2. The molecule has 1 aromatic carbocycles. The van der Waals surface area contributed by atoms with E-state index in [0.717, 1.165) is 12.1 Å². The predicted octanol–water partition coefficient (Wildman–Crippen LogP) is 4.17. The molecule has 3 rings (SSSR count). The zero-order chi connectivity index (χ0) is 14.8. The smallest absolute Gasteiger partial charge is 0.0937 e. The Balaban J connectivity index is 2.02. The normalized spacial score (nSPS) is 12.5. The average molecular weight is 297 g/mol. The molecule has 0 saturated heterocycles. The number of hydrogen-bond acceptors (Lipinski definition) is 3. The quantitative estimate of drug-likeness (QED) is 0.785. The van der Waals surface area contributed by atoms with Gasteiger partial charge in [0.05, 0.1) is 11.3 Å². The van der Waals surface area contributed by atoms with Gasteiger partial charge in [-0.1, -0.05) is 18.2 Å². The molecule has 0 aliphatic carbocycles. The van der Waals surface area contributed by atoms with Gasteiger partial charge in [-0.05, 0) is 37.5 Å². The van der Waals surface area contributed by atoms with E-state index in [0.29, 0.717) is 0 Å². The first-order valence-electron chi connectivity index (χ1n) is 7.11. The summed E-state index contributed by atoms with van der Waals surface area (Å²) in [7, 11) is 0. The van der Waals surface area contributed by atoms with Gasteiger partial charge >= 0.3 is 0 Å². The molecule has 2 heterocycles. The zero-order valence-corrected chi connectivity index (χ0v) is 13.4. The van der Waals surface area contributed by atoms with Crippen LogP contribution in [-0.2, 0) is 6.42 Å². The van der Waals surface area contributed by atoms with Gasteiger partial charge in [0.1, 0.15) is 0 Å². The minimum absolute atomic E-state index is 0.276. The van der Waals surface area contributed by atoms with Crippen molar-refractivity contribution in [3.63, 3.8) is 0 Å². The standard InChI is InChI=1S/C17H19N3S/c1-11-5-4-6-14(13(11)3)15(16-9-18-10-20-16)7-17-19-8-12(2)21-17/h4-6,8-10,15H,7H2,1-3H3,(H,18,20). The molecule has 0 saturated carbocycles. The van der Waals surface area contributed by atoms with E-state index in [1.54, 1.807) is 17.7 Å². The summed E-state index contributed by atoms with van der Waals surface area (Å²) in [6.45, 7) is 6.46. The number of benzene rings is 1. The van der Waals surface area contributed by atoms with Crippen LogP contribution in [0.3, 0.4) is 0 Å². The first-order valence-corrected chi connectivity index (χ1v) is 7.92. The van der Waals surface area contributed by atoms with Crippen molar-refractivity contribution in [2.75, 3.05) is 0 Å². The number of hydrogen-bond donors (Lipinski definition) is 1. The third-order valence-corrected chi connectivity index (χ3v) is 4.90. The molecule has 1 atom stereocenters. The number of H-pyrrole nitrogens is 1. The van der Waals surface area contributed by atoms with Gasteiger partial charge in [-0.3, -0.25) is 0 Å². The second-order valence-electron chi connectivity index (χ2n) is 5.42. The second kappa shape index (κ2) is 5.82. The van der Waals surface area contributed by atoms with Crippen LogP contribution < -0.4 is 0 Å². The summed E-state index contributed by atoms with van der Waals surface area (Å²) < 4.78 is 0. The highest BCUT2D eigenvalue weighted by molar-refractivity contribution is 7.11. The molecular formula is C17H19N3S. The molecule has 3 nitrogen and oxygen atoms in total. The van der Waals surface area contributed by atoms with Crippen molar-refractivity contribution in [3.8, 4) is 0 Å². The molecule has 0 fully saturated rings. The Hall–Kier alpha value is -1.94. The van der Waals surface area contributed by atoms with Crippen molar-refractivity contribution in [2.24, 2.45) is 0 Å². The molecule has 108 valence electrons. The van der Waals surface area contributed by atoms with Crippen molar-refractivity contribution in [2.45, 2.75) is 33.1 Å². The number of rotatable bonds is 4. The van der Waals surface area contributed by atoms with E-state index in [9.17, 15) is 0 Å². The summed E-state index contributed by atoms with van der Waals surface area (Å²) in [6, 6.07) is 6.51. The van der Waals surface area contributed by atoms with Gasteiger partial charge in [0.2, 0.25) is 0 Å². The SMILES string of the molecule is Cc1cnc(CC(c2cnc[nH]2)c2cccc(C)c2C)s1. The molecular weight excluding hydrogens is 278 g/mol. The van der Waals surface area contributed by atoms with E-state index in [-0.39, 0.29) is 5.92 Å². The van der Waals surface area contributed by atoms with Crippen LogP contribution in [0.25, 0.3) is 0 Å². The van der Waals surface area contributed by atoms with Gasteiger partial charge in [-0.25, -0.2) is 9.97 Å². The molecule has 0 spiro atoms. The molecule has 1 unspecified atom stereocenters. The maximum absolute atomic E-state index is 4.53. The summed E-state index contributed by atoms with van der Waals surface area (Å²) in [5.74, 6) is 0.276. The molecule has 4 heteroatoms. The first kappa shape index (κ1) is 14.0. The molecule has 0 aliphatic rings. The molecule has 21 heavy (non-hydrogen) atoms. The van der Waals surface area contributed by atoms with E-state index in [1.807, 2.05) is 12.4 Å². The minimum Gasteiger partial charge on any atom is -0.348 e. The fraction of sp³-hybridized carbons (Fsp3) is 0.294. The highest BCUT2D eigenvalue weighted by atomic mass is 32.1. The number of nitrogens with one attached hydrogen (secondary N) is 1. The van der Waals surface area contributed by atoms with Crippen molar-refractivity contribution in [1.82, 2.24) is 15.0 Å². The molecule has 0 amide bonds. The number of imidazole rings is 1. The highest BCUT2D eigenvalue weighted by Gasteiger charge is 2.20. The Bertz CT molecular complexity index is 728. The van der Waals surface area contributed by atoms with Crippen LogP contribution in [0.5, 0.6) is 0 Å². The Labute approximate surface area is 129 Å². The summed E-state index contributed by atoms with van der Waals surface area (Å²) in [5.41, 5.74) is 5.18. The maximum atomic E-state index is 4.53. The van der Waals surface area contributed by atoms with Crippen LogP contribution in [0.2, 0.25) is 0 Å². The lowest BCUT2D eigenvalue weighted by Crippen LogP contribution is -2.08. The fourth-order valence-electron chi connectivity index (χ4n) is 2.67. The van der Waals surface area contributed by atoms with Crippen molar-refractivity contribution in [3.05, 3.63) is 69.2 Å². The number of aromatic amines is 1. The van der Waals surface area contributed by atoms with Crippen LogP contribution in [0.4, 0.5) is 0 Å². The summed E-state index contributed by atoms with van der Waals surface area (Å²) in [4.78, 5) is 13.3. The molecule has 1 N–H and O–H groups in total. The monoisotopic (exact) mass is 297 g/mol. The first-order chi connectivity index (χ1) is 10.1. The van der Waals surface area contributed by atoms with Gasteiger partial charge in [-0.2, -0.15) is 0 Å². The third kappa shape index (κ3) is 2.90. The number of thiazole rings is 1. The van der Waals surface area contributed by atoms with Crippen LogP contribution in [-0.4, -0.2) is 15.0 Å². The molecule has 0 bridgehead atoms. The van der Waals surface area contributed by atoms with Gasteiger partial charge in [0, 0.05) is 35.3 Å². The largest absolute Gasteiger partial charge is 0.348 e. The Morgan fingerprint density at radius 2 is 2.05 bits per heavy atom.